The van der Waals surface area contributed by atoms with Gasteiger partial charge >= 0.3 is 5.97 Å². The molecule has 0 aliphatic carbocycles. The zero-order valence-electron chi connectivity index (χ0n) is 20.1. The van der Waals surface area contributed by atoms with Crippen LogP contribution in [-0.4, -0.2) is 45.5 Å². The summed E-state index contributed by atoms with van der Waals surface area (Å²) >= 11 is 0. The lowest BCUT2D eigenvalue weighted by atomic mass is 9.82. The second-order valence-corrected chi connectivity index (χ2v) is 8.74. The first-order valence-corrected chi connectivity index (χ1v) is 11.5. The number of ether oxygens (including phenoxy) is 4. The molecule has 1 aromatic carbocycles. The highest BCUT2D eigenvalue weighted by Crippen LogP contribution is 2.34. The van der Waals surface area contributed by atoms with Crippen LogP contribution in [0.15, 0.2) is 28.5 Å². The maximum absolute atomic E-state index is 12.1. The standard InChI is InChI=1S/C24H39N3O5/c1-6-18-15-22(32-24(18)28)20(26-27-25)14-19(16(2)3)12-17-8-9-21(30-5)23(13-17)31-11-7-10-29-4/h8-9,13,16,18-20,22H,6-7,10-12,14-15H2,1-5H3,(H2,25,26)/t18-,19+,20+,22+/m1/s1. The molecule has 1 heterocycles. The van der Waals surface area contributed by atoms with E-state index in [0.717, 1.165) is 37.0 Å². The minimum atomic E-state index is -0.267. The number of esters is 1. The van der Waals surface area contributed by atoms with Gasteiger partial charge in [0.1, 0.15) is 12.1 Å². The van der Waals surface area contributed by atoms with Crippen molar-refractivity contribution in [2.45, 2.75) is 65.0 Å². The normalized spacial score (nSPS) is 20.5. The molecule has 0 aromatic heterocycles. The third-order valence-electron chi connectivity index (χ3n) is 6.22. The number of rotatable bonds is 14. The van der Waals surface area contributed by atoms with Crippen molar-refractivity contribution >= 4 is 5.97 Å². The summed E-state index contributed by atoms with van der Waals surface area (Å²) < 4.78 is 22.1. The Labute approximate surface area is 191 Å². The number of hydrogen-bond acceptors (Lipinski definition) is 7. The molecule has 0 saturated carbocycles. The highest BCUT2D eigenvalue weighted by atomic mass is 16.6. The van der Waals surface area contributed by atoms with Crippen molar-refractivity contribution in [3.8, 4) is 11.5 Å². The second kappa shape index (κ2) is 13.3. The molecular weight excluding hydrogens is 410 g/mol. The molecule has 0 spiro atoms. The Bertz CT molecular complexity index is 740. The van der Waals surface area contributed by atoms with Crippen LogP contribution in [0.4, 0.5) is 0 Å². The van der Waals surface area contributed by atoms with Crippen molar-refractivity contribution in [2.24, 2.45) is 33.9 Å². The zero-order chi connectivity index (χ0) is 23.5. The Morgan fingerprint density at radius 1 is 1.22 bits per heavy atom. The minimum absolute atomic E-state index is 0.0626. The predicted octanol–water partition coefficient (Wildman–Crippen LogP) is 4.35. The molecule has 0 bridgehead atoms. The van der Waals surface area contributed by atoms with Crippen molar-refractivity contribution in [3.63, 3.8) is 0 Å². The van der Waals surface area contributed by atoms with Gasteiger partial charge in [-0.05, 0) is 55.2 Å². The van der Waals surface area contributed by atoms with Gasteiger partial charge < -0.3 is 24.8 Å². The summed E-state index contributed by atoms with van der Waals surface area (Å²) in [7, 11) is 3.32. The van der Waals surface area contributed by atoms with Crippen LogP contribution in [-0.2, 0) is 20.7 Å². The van der Waals surface area contributed by atoms with Gasteiger partial charge in [-0.1, -0.05) is 32.1 Å². The molecule has 2 N–H and O–H groups in total. The molecule has 0 radical (unpaired) electrons. The largest absolute Gasteiger partial charge is 0.493 e. The van der Waals surface area contributed by atoms with Gasteiger partial charge in [0.25, 0.3) is 0 Å². The van der Waals surface area contributed by atoms with Crippen molar-refractivity contribution in [3.05, 3.63) is 23.8 Å². The zero-order valence-corrected chi connectivity index (χ0v) is 20.1. The first-order valence-electron chi connectivity index (χ1n) is 11.5. The maximum Gasteiger partial charge on any atom is 0.309 e. The van der Waals surface area contributed by atoms with Crippen LogP contribution >= 0.6 is 0 Å². The molecule has 8 heteroatoms. The van der Waals surface area contributed by atoms with Gasteiger partial charge in [-0.25, -0.2) is 0 Å². The Morgan fingerprint density at radius 2 is 2.00 bits per heavy atom. The van der Waals surface area contributed by atoms with Gasteiger partial charge in [0, 0.05) is 20.1 Å². The van der Waals surface area contributed by atoms with E-state index in [-0.39, 0.29) is 24.0 Å². The summed E-state index contributed by atoms with van der Waals surface area (Å²) in [6, 6.07) is 5.82. The van der Waals surface area contributed by atoms with E-state index in [0.29, 0.717) is 37.2 Å². The quantitative estimate of drug-likeness (QED) is 0.149. The second-order valence-electron chi connectivity index (χ2n) is 8.74. The Balaban J connectivity index is 2.12. The topological polar surface area (TPSA) is 105 Å². The third kappa shape index (κ3) is 7.36. The van der Waals surface area contributed by atoms with Crippen molar-refractivity contribution < 1.29 is 23.7 Å². The molecule has 1 fully saturated rings. The summed E-state index contributed by atoms with van der Waals surface area (Å²) in [6.07, 6.45) is 3.56. The Kier molecular flexibility index (Phi) is 10.7. The first-order chi connectivity index (χ1) is 15.4. The van der Waals surface area contributed by atoms with Crippen LogP contribution in [0.25, 0.3) is 0 Å². The minimum Gasteiger partial charge on any atom is -0.493 e. The highest BCUT2D eigenvalue weighted by molar-refractivity contribution is 5.74. The van der Waals surface area contributed by atoms with Crippen LogP contribution in [0.5, 0.6) is 11.5 Å². The lowest BCUT2D eigenvalue weighted by molar-refractivity contribution is -0.145. The summed E-state index contributed by atoms with van der Waals surface area (Å²) in [5, 5.41) is 7.79. The van der Waals surface area contributed by atoms with E-state index in [9.17, 15) is 4.79 Å². The SMILES string of the molecule is CC[C@@H]1C[C@@H]([C@H](C[C@H](Cc2ccc(OC)c(OCCCOC)c2)C(C)C)N=NN)OC1=O. The molecule has 0 amide bonds. The average molecular weight is 450 g/mol. The average Bonchev–Trinajstić information content (AvgIpc) is 3.16. The van der Waals surface area contributed by atoms with Crippen LogP contribution in [0, 0.1) is 17.8 Å². The summed E-state index contributed by atoms with van der Waals surface area (Å²) in [5.41, 5.74) is 1.16. The first kappa shape index (κ1) is 25.9. The van der Waals surface area contributed by atoms with E-state index in [4.69, 9.17) is 24.8 Å². The molecule has 1 aromatic rings. The monoisotopic (exact) mass is 449 g/mol. The van der Waals surface area contributed by atoms with Gasteiger partial charge in [-0.2, -0.15) is 5.11 Å². The molecule has 180 valence electrons. The fourth-order valence-electron chi connectivity index (χ4n) is 4.15. The van der Waals surface area contributed by atoms with Gasteiger partial charge in [0.05, 0.1) is 19.6 Å². The molecule has 0 unspecified atom stereocenters. The van der Waals surface area contributed by atoms with Gasteiger partial charge in [-0.3, -0.25) is 4.79 Å². The summed E-state index contributed by atoms with van der Waals surface area (Å²) in [6.45, 7) is 7.61. The number of nitrogens with two attached hydrogens (primary N) is 1. The number of methoxy groups -OCH3 is 2. The van der Waals surface area contributed by atoms with Crippen LogP contribution < -0.4 is 15.3 Å². The van der Waals surface area contributed by atoms with E-state index >= 15 is 0 Å². The lowest BCUT2D eigenvalue weighted by Gasteiger charge is -2.26. The predicted molar refractivity (Wildman–Crippen MR) is 123 cm³/mol. The van der Waals surface area contributed by atoms with E-state index < -0.39 is 0 Å². The van der Waals surface area contributed by atoms with Crippen molar-refractivity contribution in [1.82, 2.24) is 0 Å². The number of nitrogens with zero attached hydrogens (tertiary/aromatic N) is 2. The highest BCUT2D eigenvalue weighted by Gasteiger charge is 2.39. The van der Waals surface area contributed by atoms with E-state index in [1.54, 1.807) is 14.2 Å². The van der Waals surface area contributed by atoms with Crippen molar-refractivity contribution in [2.75, 3.05) is 27.4 Å². The third-order valence-corrected chi connectivity index (χ3v) is 6.22. The lowest BCUT2D eigenvalue weighted by Crippen LogP contribution is -2.29. The Morgan fingerprint density at radius 3 is 2.59 bits per heavy atom. The number of hydrogen-bond donors (Lipinski definition) is 1. The van der Waals surface area contributed by atoms with Crippen molar-refractivity contribution in [1.29, 1.82) is 0 Å². The molecule has 1 aliphatic heterocycles. The molecule has 2 rings (SSSR count). The van der Waals surface area contributed by atoms with Gasteiger partial charge in [-0.15, -0.1) is 0 Å². The maximum atomic E-state index is 12.1. The summed E-state index contributed by atoms with van der Waals surface area (Å²) in [5.74, 6) is 7.35. The van der Waals surface area contributed by atoms with E-state index in [1.807, 2.05) is 19.1 Å². The van der Waals surface area contributed by atoms with Gasteiger partial charge in [0.2, 0.25) is 0 Å². The molecule has 1 saturated heterocycles. The van der Waals surface area contributed by atoms with Crippen LogP contribution in [0.2, 0.25) is 0 Å². The fourth-order valence-corrected chi connectivity index (χ4v) is 4.15. The van der Waals surface area contributed by atoms with Gasteiger partial charge in [0.15, 0.2) is 11.5 Å². The molecular formula is C24H39N3O5. The molecule has 8 nitrogen and oxygen atoms in total. The van der Waals surface area contributed by atoms with Crippen LogP contribution in [0.3, 0.4) is 0 Å². The number of benzene rings is 1. The Hall–Kier alpha value is -2.35. The number of carbonyl (C=O) groups excluding carboxylic acids is 1. The fraction of sp³-hybridized carbons (Fsp3) is 0.708. The van der Waals surface area contributed by atoms with E-state index in [2.05, 4.69) is 30.3 Å². The number of cyclic esters (lactones) is 1. The van der Waals surface area contributed by atoms with Crippen LogP contribution in [0.1, 0.15) is 52.0 Å². The molecule has 4 atom stereocenters. The number of carbonyl (C=O) groups is 1. The molecule has 32 heavy (non-hydrogen) atoms. The molecule has 1 aliphatic rings. The smallest absolute Gasteiger partial charge is 0.309 e. The summed E-state index contributed by atoms with van der Waals surface area (Å²) in [4.78, 5) is 12.1. The van der Waals surface area contributed by atoms with E-state index in [1.165, 1.54) is 0 Å².